The van der Waals surface area contributed by atoms with Gasteiger partial charge in [-0.3, -0.25) is 0 Å². The Morgan fingerprint density at radius 2 is 1.84 bits per heavy atom. The van der Waals surface area contributed by atoms with Crippen molar-refractivity contribution in [2.45, 2.75) is 6.92 Å². The van der Waals surface area contributed by atoms with E-state index in [1.165, 1.54) is 0 Å². The van der Waals surface area contributed by atoms with E-state index < -0.39 is 5.97 Å². The number of anilines is 1. The fraction of sp³-hybridized carbons (Fsp3) is 0.133. The maximum Gasteiger partial charge on any atom is 0.349 e. The number of carbonyl (C=O) groups is 1. The van der Waals surface area contributed by atoms with Gasteiger partial charge in [0.25, 0.3) is 0 Å². The molecule has 2 N–H and O–H groups in total. The van der Waals surface area contributed by atoms with Crippen molar-refractivity contribution in [2.75, 3.05) is 12.3 Å². The second-order valence-electron chi connectivity index (χ2n) is 4.15. The normalized spacial score (nSPS) is 9.95. The van der Waals surface area contributed by atoms with Crippen molar-refractivity contribution in [3.05, 3.63) is 54.1 Å². The molecule has 0 fully saturated rings. The Labute approximate surface area is 111 Å². The smallest absolute Gasteiger partial charge is 0.349 e. The third-order valence-corrected chi connectivity index (χ3v) is 2.44. The number of nitrogen functional groups attached to an aromatic ring is 1. The summed E-state index contributed by atoms with van der Waals surface area (Å²) in [5.74, 6) is 0.607. The number of rotatable bonds is 4. The molecule has 4 nitrogen and oxygen atoms in total. The number of aryl methyl sites for hydroxylation is 1. The molecule has 0 aromatic heterocycles. The fourth-order valence-corrected chi connectivity index (χ4v) is 1.59. The standard InChI is InChI=1S/C15H15NO3/c1-11-4-2-7-14(8-11)19-15(17)10-18-13-6-3-5-12(16)9-13/h2-9H,10,16H2,1H3. The Hall–Kier alpha value is -2.49. The van der Waals surface area contributed by atoms with Crippen molar-refractivity contribution in [1.29, 1.82) is 0 Å². The van der Waals surface area contributed by atoms with Crippen LogP contribution < -0.4 is 15.2 Å². The molecule has 0 bridgehead atoms. The van der Waals surface area contributed by atoms with Crippen LogP contribution in [0.5, 0.6) is 11.5 Å². The molecule has 0 saturated heterocycles. The van der Waals surface area contributed by atoms with E-state index >= 15 is 0 Å². The first-order valence-electron chi connectivity index (χ1n) is 5.89. The minimum absolute atomic E-state index is 0.155. The third kappa shape index (κ3) is 4.03. The van der Waals surface area contributed by atoms with E-state index in [2.05, 4.69) is 0 Å². The van der Waals surface area contributed by atoms with Crippen molar-refractivity contribution in [3.63, 3.8) is 0 Å². The van der Waals surface area contributed by atoms with Crippen molar-refractivity contribution < 1.29 is 14.3 Å². The van der Waals surface area contributed by atoms with Crippen molar-refractivity contribution >= 4 is 11.7 Å². The number of hydrogen-bond donors (Lipinski definition) is 1. The lowest BCUT2D eigenvalue weighted by atomic mass is 10.2. The highest BCUT2D eigenvalue weighted by Gasteiger charge is 2.06. The van der Waals surface area contributed by atoms with Gasteiger partial charge in [0.1, 0.15) is 11.5 Å². The predicted molar refractivity (Wildman–Crippen MR) is 73.2 cm³/mol. The van der Waals surface area contributed by atoms with E-state index in [0.717, 1.165) is 5.56 Å². The molecule has 0 unspecified atom stereocenters. The number of ether oxygens (including phenoxy) is 2. The lowest BCUT2D eigenvalue weighted by molar-refractivity contribution is -0.136. The molecule has 98 valence electrons. The van der Waals surface area contributed by atoms with Crippen molar-refractivity contribution in [2.24, 2.45) is 0 Å². The van der Waals surface area contributed by atoms with Gasteiger partial charge in [-0.25, -0.2) is 4.79 Å². The van der Waals surface area contributed by atoms with Gasteiger partial charge in [0.05, 0.1) is 0 Å². The number of nitrogens with two attached hydrogens (primary N) is 1. The van der Waals surface area contributed by atoms with E-state index in [0.29, 0.717) is 17.2 Å². The Morgan fingerprint density at radius 3 is 2.58 bits per heavy atom. The largest absolute Gasteiger partial charge is 0.482 e. The fourth-order valence-electron chi connectivity index (χ4n) is 1.59. The SMILES string of the molecule is Cc1cccc(OC(=O)COc2cccc(N)c2)c1. The van der Waals surface area contributed by atoms with Crippen LogP contribution in [-0.4, -0.2) is 12.6 Å². The molecule has 0 atom stereocenters. The molecule has 0 aliphatic carbocycles. The average molecular weight is 257 g/mol. The molecule has 2 aromatic carbocycles. The van der Waals surface area contributed by atoms with Crippen molar-refractivity contribution in [1.82, 2.24) is 0 Å². The van der Waals surface area contributed by atoms with Gasteiger partial charge >= 0.3 is 5.97 Å². The molecule has 0 radical (unpaired) electrons. The van der Waals surface area contributed by atoms with Crippen LogP contribution in [0.1, 0.15) is 5.56 Å². The second-order valence-corrected chi connectivity index (χ2v) is 4.15. The first-order valence-corrected chi connectivity index (χ1v) is 5.89. The van der Waals surface area contributed by atoms with Crippen LogP contribution in [0, 0.1) is 6.92 Å². The summed E-state index contributed by atoms with van der Waals surface area (Å²) < 4.78 is 10.4. The average Bonchev–Trinajstić information content (AvgIpc) is 2.36. The van der Waals surface area contributed by atoms with Crippen LogP contribution in [0.25, 0.3) is 0 Å². The summed E-state index contributed by atoms with van der Waals surface area (Å²) in [6.07, 6.45) is 0. The van der Waals surface area contributed by atoms with Crippen LogP contribution in [-0.2, 0) is 4.79 Å². The highest BCUT2D eigenvalue weighted by molar-refractivity contribution is 5.74. The summed E-state index contributed by atoms with van der Waals surface area (Å²) in [6.45, 7) is 1.78. The summed E-state index contributed by atoms with van der Waals surface area (Å²) in [7, 11) is 0. The molecule has 0 spiro atoms. The minimum Gasteiger partial charge on any atom is -0.482 e. The van der Waals surface area contributed by atoms with Gasteiger partial charge in [-0.2, -0.15) is 0 Å². The summed E-state index contributed by atoms with van der Waals surface area (Å²) >= 11 is 0. The quantitative estimate of drug-likeness (QED) is 0.519. The number of hydrogen-bond acceptors (Lipinski definition) is 4. The molecule has 19 heavy (non-hydrogen) atoms. The number of benzene rings is 2. The summed E-state index contributed by atoms with van der Waals surface area (Å²) in [5, 5.41) is 0. The maximum absolute atomic E-state index is 11.6. The van der Waals surface area contributed by atoms with Gasteiger partial charge in [-0.05, 0) is 36.8 Å². The van der Waals surface area contributed by atoms with E-state index in [-0.39, 0.29) is 6.61 Å². The molecule has 4 heteroatoms. The van der Waals surface area contributed by atoms with Crippen LogP contribution in [0.4, 0.5) is 5.69 Å². The highest BCUT2D eigenvalue weighted by Crippen LogP contribution is 2.15. The molecular weight excluding hydrogens is 242 g/mol. The molecule has 0 aliphatic heterocycles. The van der Waals surface area contributed by atoms with Crippen LogP contribution in [0.3, 0.4) is 0 Å². The molecule has 2 aromatic rings. The Balaban J connectivity index is 1.88. The zero-order valence-corrected chi connectivity index (χ0v) is 10.6. The Bertz CT molecular complexity index is 581. The summed E-state index contributed by atoms with van der Waals surface area (Å²) in [4.78, 5) is 11.6. The Morgan fingerprint density at radius 1 is 1.11 bits per heavy atom. The summed E-state index contributed by atoms with van der Waals surface area (Å²) in [5.41, 5.74) is 7.23. The van der Waals surface area contributed by atoms with Gasteiger partial charge in [0, 0.05) is 11.8 Å². The van der Waals surface area contributed by atoms with Crippen LogP contribution in [0.15, 0.2) is 48.5 Å². The topological polar surface area (TPSA) is 61.5 Å². The maximum atomic E-state index is 11.6. The Kier molecular flexibility index (Phi) is 4.03. The van der Waals surface area contributed by atoms with Gasteiger partial charge in [0.2, 0.25) is 0 Å². The second kappa shape index (κ2) is 5.91. The number of esters is 1. The minimum atomic E-state index is -0.451. The van der Waals surface area contributed by atoms with Gasteiger partial charge in [0.15, 0.2) is 6.61 Å². The van der Waals surface area contributed by atoms with Crippen LogP contribution >= 0.6 is 0 Å². The van der Waals surface area contributed by atoms with E-state index in [1.54, 1.807) is 36.4 Å². The first kappa shape index (κ1) is 13.0. The predicted octanol–water partition coefficient (Wildman–Crippen LogP) is 2.56. The lowest BCUT2D eigenvalue weighted by Gasteiger charge is -2.07. The zero-order chi connectivity index (χ0) is 13.7. The van der Waals surface area contributed by atoms with Gasteiger partial charge in [-0.1, -0.05) is 18.2 Å². The van der Waals surface area contributed by atoms with E-state index in [9.17, 15) is 4.79 Å². The van der Waals surface area contributed by atoms with Gasteiger partial charge < -0.3 is 15.2 Å². The van der Waals surface area contributed by atoms with Crippen molar-refractivity contribution in [3.8, 4) is 11.5 Å². The van der Waals surface area contributed by atoms with E-state index in [4.69, 9.17) is 15.2 Å². The highest BCUT2D eigenvalue weighted by atomic mass is 16.6. The van der Waals surface area contributed by atoms with Gasteiger partial charge in [-0.15, -0.1) is 0 Å². The monoisotopic (exact) mass is 257 g/mol. The first-order chi connectivity index (χ1) is 9.13. The lowest BCUT2D eigenvalue weighted by Crippen LogP contribution is -2.17. The molecule has 0 amide bonds. The zero-order valence-electron chi connectivity index (χ0n) is 10.6. The number of carbonyl (C=O) groups excluding carboxylic acids is 1. The molecular formula is C15H15NO3. The molecule has 0 saturated carbocycles. The molecule has 0 heterocycles. The summed E-state index contributed by atoms with van der Waals surface area (Å²) in [6, 6.07) is 14.2. The van der Waals surface area contributed by atoms with E-state index in [1.807, 2.05) is 19.1 Å². The molecule has 2 rings (SSSR count). The van der Waals surface area contributed by atoms with Crippen LogP contribution in [0.2, 0.25) is 0 Å². The third-order valence-electron chi connectivity index (χ3n) is 2.44. The molecule has 0 aliphatic rings.